The summed E-state index contributed by atoms with van der Waals surface area (Å²) in [5.41, 5.74) is 3.49. The highest BCUT2D eigenvalue weighted by atomic mass is 32.1. The van der Waals surface area contributed by atoms with E-state index in [4.69, 9.17) is 4.98 Å². The molecule has 0 bridgehead atoms. The number of anilines is 2. The van der Waals surface area contributed by atoms with E-state index in [1.807, 2.05) is 37.4 Å². The van der Waals surface area contributed by atoms with Crippen LogP contribution < -0.4 is 15.8 Å². The van der Waals surface area contributed by atoms with Crippen LogP contribution in [-0.4, -0.2) is 28.5 Å². The number of aryl methyl sites for hydroxylation is 2. The molecule has 1 aromatic carbocycles. The summed E-state index contributed by atoms with van der Waals surface area (Å²) in [6, 6.07) is 7.79. The summed E-state index contributed by atoms with van der Waals surface area (Å²) in [5, 5.41) is 4.80. The number of hydrogen-bond donors (Lipinski definition) is 1. The molecule has 3 heterocycles. The second kappa shape index (κ2) is 7.75. The second-order valence-corrected chi connectivity index (χ2v) is 8.33. The van der Waals surface area contributed by atoms with E-state index in [2.05, 4.69) is 16.3 Å². The van der Waals surface area contributed by atoms with Crippen LogP contribution in [0.25, 0.3) is 10.2 Å². The number of nitrogens with zero attached hydrogens (tertiary/aromatic N) is 3. The molecule has 0 atom stereocenters. The number of hydrogen-bond acceptors (Lipinski definition) is 5. The Labute approximate surface area is 167 Å². The minimum atomic E-state index is -0.219. The number of fused-ring (bicyclic) bond motifs is 1. The van der Waals surface area contributed by atoms with Gasteiger partial charge in [0.2, 0.25) is 11.9 Å². The zero-order valence-electron chi connectivity index (χ0n) is 16.2. The molecule has 1 aliphatic rings. The van der Waals surface area contributed by atoms with Crippen LogP contribution >= 0.6 is 11.3 Å². The van der Waals surface area contributed by atoms with Gasteiger partial charge < -0.3 is 10.2 Å². The van der Waals surface area contributed by atoms with Gasteiger partial charge in [0.1, 0.15) is 11.2 Å². The van der Waals surface area contributed by atoms with Crippen LogP contribution in [0.3, 0.4) is 0 Å². The maximum absolute atomic E-state index is 13.1. The molecular weight excluding hydrogens is 372 g/mol. The number of aromatic nitrogens is 2. The molecular formula is C21H24N4O2S. The quantitative estimate of drug-likeness (QED) is 0.730. The van der Waals surface area contributed by atoms with Crippen LogP contribution in [0.1, 0.15) is 30.4 Å². The molecule has 2 aromatic heterocycles. The zero-order valence-corrected chi connectivity index (χ0v) is 17.0. The van der Waals surface area contributed by atoms with Crippen molar-refractivity contribution in [3.05, 3.63) is 51.1 Å². The molecule has 1 saturated heterocycles. The maximum Gasteiger partial charge on any atom is 0.273 e. The summed E-state index contributed by atoms with van der Waals surface area (Å²) in [6.45, 7) is 5.67. The smallest absolute Gasteiger partial charge is 0.273 e. The third kappa shape index (κ3) is 3.80. The van der Waals surface area contributed by atoms with Gasteiger partial charge in [0.25, 0.3) is 5.56 Å². The van der Waals surface area contributed by atoms with Crippen molar-refractivity contribution in [1.29, 1.82) is 0 Å². The van der Waals surface area contributed by atoms with Gasteiger partial charge in [-0.2, -0.15) is 0 Å². The summed E-state index contributed by atoms with van der Waals surface area (Å²) >= 11 is 1.37. The van der Waals surface area contributed by atoms with Gasteiger partial charge in [-0.05, 0) is 67.8 Å². The Bertz CT molecular complexity index is 1060. The Morgan fingerprint density at radius 3 is 2.57 bits per heavy atom. The van der Waals surface area contributed by atoms with Crippen molar-refractivity contribution in [2.24, 2.45) is 0 Å². The molecule has 0 aliphatic carbocycles. The van der Waals surface area contributed by atoms with E-state index in [0.717, 1.165) is 42.7 Å². The number of thiophene rings is 1. The van der Waals surface area contributed by atoms with Crippen LogP contribution in [0.15, 0.2) is 34.4 Å². The molecule has 28 heavy (non-hydrogen) atoms. The normalized spacial score (nSPS) is 14.4. The van der Waals surface area contributed by atoms with Gasteiger partial charge in [-0.1, -0.05) is 6.07 Å². The van der Waals surface area contributed by atoms with Crippen molar-refractivity contribution in [1.82, 2.24) is 9.55 Å². The van der Waals surface area contributed by atoms with Crippen LogP contribution in [-0.2, 0) is 11.3 Å². The lowest BCUT2D eigenvalue weighted by Gasteiger charge is -2.29. The first-order valence-electron chi connectivity index (χ1n) is 9.62. The van der Waals surface area contributed by atoms with Crippen molar-refractivity contribution in [3.63, 3.8) is 0 Å². The predicted octanol–water partition coefficient (Wildman–Crippen LogP) is 3.70. The van der Waals surface area contributed by atoms with E-state index in [-0.39, 0.29) is 18.0 Å². The highest BCUT2D eigenvalue weighted by Crippen LogP contribution is 2.22. The SMILES string of the molecule is Cc1cc(C)cc(NC(=O)Cn2c(N3CCCCC3)nc3ccsc3c2=O)c1. The van der Waals surface area contributed by atoms with Gasteiger partial charge in [-0.15, -0.1) is 11.3 Å². The van der Waals surface area contributed by atoms with Crippen molar-refractivity contribution >= 4 is 39.1 Å². The van der Waals surface area contributed by atoms with Crippen LogP contribution in [0, 0.1) is 13.8 Å². The molecule has 7 heteroatoms. The van der Waals surface area contributed by atoms with Crippen molar-refractivity contribution < 1.29 is 4.79 Å². The van der Waals surface area contributed by atoms with Crippen LogP contribution in [0.2, 0.25) is 0 Å². The molecule has 146 valence electrons. The average molecular weight is 397 g/mol. The third-order valence-electron chi connectivity index (χ3n) is 4.99. The summed E-state index contributed by atoms with van der Waals surface area (Å²) in [7, 11) is 0. The molecule has 0 spiro atoms. The van der Waals surface area contributed by atoms with E-state index < -0.39 is 0 Å². The molecule has 0 saturated carbocycles. The van der Waals surface area contributed by atoms with Crippen molar-refractivity contribution in [2.45, 2.75) is 39.7 Å². The van der Waals surface area contributed by atoms with Gasteiger partial charge in [-0.25, -0.2) is 4.98 Å². The maximum atomic E-state index is 13.1. The fourth-order valence-electron chi connectivity index (χ4n) is 3.80. The topological polar surface area (TPSA) is 67.2 Å². The molecule has 3 aromatic rings. The number of nitrogens with one attached hydrogen (secondary N) is 1. The number of benzene rings is 1. The first-order chi connectivity index (χ1) is 13.5. The molecule has 1 aliphatic heterocycles. The number of piperidine rings is 1. The lowest BCUT2D eigenvalue weighted by Crippen LogP contribution is -2.38. The Hall–Kier alpha value is -2.67. The molecule has 4 rings (SSSR count). The number of rotatable bonds is 4. The number of amides is 1. The number of carbonyl (C=O) groups excluding carboxylic acids is 1. The number of carbonyl (C=O) groups is 1. The molecule has 1 fully saturated rings. The molecule has 0 unspecified atom stereocenters. The molecule has 1 N–H and O–H groups in total. The Kier molecular flexibility index (Phi) is 5.17. The van der Waals surface area contributed by atoms with Crippen molar-refractivity contribution in [2.75, 3.05) is 23.3 Å². The lowest BCUT2D eigenvalue weighted by molar-refractivity contribution is -0.116. The summed E-state index contributed by atoms with van der Waals surface area (Å²) in [5.74, 6) is 0.384. The summed E-state index contributed by atoms with van der Waals surface area (Å²) in [4.78, 5) is 32.7. The van der Waals surface area contributed by atoms with E-state index in [9.17, 15) is 9.59 Å². The lowest BCUT2D eigenvalue weighted by atomic mass is 10.1. The predicted molar refractivity (Wildman–Crippen MR) is 114 cm³/mol. The first kappa shape index (κ1) is 18.7. The summed E-state index contributed by atoms with van der Waals surface area (Å²) < 4.78 is 2.13. The fourth-order valence-corrected chi connectivity index (χ4v) is 4.58. The van der Waals surface area contributed by atoms with E-state index >= 15 is 0 Å². The fraction of sp³-hybridized carbons (Fsp3) is 0.381. The minimum absolute atomic E-state index is 0.0432. The van der Waals surface area contributed by atoms with Crippen molar-refractivity contribution in [3.8, 4) is 0 Å². The Morgan fingerprint density at radius 2 is 1.86 bits per heavy atom. The van der Waals surface area contributed by atoms with Gasteiger partial charge in [0.15, 0.2) is 0 Å². The molecule has 1 amide bonds. The largest absolute Gasteiger partial charge is 0.342 e. The third-order valence-corrected chi connectivity index (χ3v) is 5.88. The van der Waals surface area contributed by atoms with Gasteiger partial charge >= 0.3 is 0 Å². The van der Waals surface area contributed by atoms with Gasteiger partial charge in [0, 0.05) is 18.8 Å². The van der Waals surface area contributed by atoms with E-state index in [0.29, 0.717) is 16.2 Å². The average Bonchev–Trinajstić information content (AvgIpc) is 3.12. The van der Waals surface area contributed by atoms with Gasteiger partial charge in [-0.3, -0.25) is 14.2 Å². The van der Waals surface area contributed by atoms with Crippen LogP contribution in [0.4, 0.5) is 11.6 Å². The first-order valence-corrected chi connectivity index (χ1v) is 10.5. The Balaban J connectivity index is 1.67. The highest BCUT2D eigenvalue weighted by Gasteiger charge is 2.21. The minimum Gasteiger partial charge on any atom is -0.342 e. The van der Waals surface area contributed by atoms with Gasteiger partial charge in [0.05, 0.1) is 5.52 Å². The summed E-state index contributed by atoms with van der Waals surface area (Å²) in [6.07, 6.45) is 3.34. The Morgan fingerprint density at radius 1 is 1.14 bits per heavy atom. The van der Waals surface area contributed by atoms with E-state index in [1.54, 1.807) is 0 Å². The molecule has 6 nitrogen and oxygen atoms in total. The second-order valence-electron chi connectivity index (χ2n) is 7.41. The van der Waals surface area contributed by atoms with E-state index in [1.165, 1.54) is 22.3 Å². The zero-order chi connectivity index (χ0) is 19.7. The standard InChI is InChI=1S/C21H24N4O2S/c1-14-10-15(2)12-16(11-14)22-18(26)13-25-20(27)19-17(6-9-28-19)23-21(25)24-7-4-3-5-8-24/h6,9-12H,3-5,7-8,13H2,1-2H3,(H,22,26). The highest BCUT2D eigenvalue weighted by molar-refractivity contribution is 7.17. The molecule has 0 radical (unpaired) electrons. The van der Waals surface area contributed by atoms with Crippen LogP contribution in [0.5, 0.6) is 0 Å². The monoisotopic (exact) mass is 396 g/mol.